The number of ether oxygens (including phenoxy) is 1. The number of fused-ring (bicyclic) bond motifs is 1. The van der Waals surface area contributed by atoms with Crippen molar-refractivity contribution >= 4 is 11.6 Å². The minimum absolute atomic E-state index is 0.200. The van der Waals surface area contributed by atoms with E-state index in [1.807, 2.05) is 19.9 Å². The monoisotopic (exact) mass is 198 g/mol. The summed E-state index contributed by atoms with van der Waals surface area (Å²) in [6.45, 7) is 3.78. The summed E-state index contributed by atoms with van der Waals surface area (Å²) in [7, 11) is 0. The summed E-state index contributed by atoms with van der Waals surface area (Å²) in [5.74, 6) is 0.743. The number of aryl methyl sites for hydroxylation is 1. The largest absolute Gasteiger partial charge is 0.487 e. The van der Waals surface area contributed by atoms with E-state index in [4.69, 9.17) is 16.3 Å². The molecule has 0 bridgehead atoms. The Morgan fingerprint density at radius 2 is 2.15 bits per heavy atom. The maximum atomic E-state index is 9.75. The topological polar surface area (TPSA) is 29.5 Å². The molecule has 0 saturated heterocycles. The van der Waals surface area contributed by atoms with Crippen molar-refractivity contribution in [1.29, 1.82) is 0 Å². The molecule has 0 fully saturated rings. The van der Waals surface area contributed by atoms with Crippen molar-refractivity contribution in [1.82, 2.24) is 0 Å². The lowest BCUT2D eigenvalue weighted by molar-refractivity contribution is 0.0794. The molecule has 0 radical (unpaired) electrons. The van der Waals surface area contributed by atoms with E-state index in [1.165, 1.54) is 0 Å². The highest BCUT2D eigenvalue weighted by atomic mass is 35.5. The Bertz CT molecular complexity index is 349. The first-order chi connectivity index (χ1) is 6.11. The molecular weight excluding hydrogens is 188 g/mol. The van der Waals surface area contributed by atoms with Gasteiger partial charge in [-0.05, 0) is 25.5 Å². The molecule has 0 spiro atoms. The van der Waals surface area contributed by atoms with Crippen LogP contribution in [-0.2, 0) is 0 Å². The van der Waals surface area contributed by atoms with Crippen LogP contribution in [0.15, 0.2) is 12.1 Å². The Labute approximate surface area is 82.1 Å². The fourth-order valence-corrected chi connectivity index (χ4v) is 1.86. The summed E-state index contributed by atoms with van der Waals surface area (Å²) in [6, 6.07) is 3.69. The third-order valence-electron chi connectivity index (χ3n) is 2.38. The first kappa shape index (κ1) is 8.85. The lowest BCUT2D eigenvalue weighted by Gasteiger charge is -2.06. The van der Waals surface area contributed by atoms with Gasteiger partial charge in [0, 0.05) is 5.56 Å². The van der Waals surface area contributed by atoms with E-state index in [2.05, 4.69) is 0 Å². The molecule has 0 aromatic heterocycles. The van der Waals surface area contributed by atoms with Crippen molar-refractivity contribution in [3.05, 3.63) is 28.3 Å². The molecule has 13 heavy (non-hydrogen) atoms. The van der Waals surface area contributed by atoms with Crippen LogP contribution < -0.4 is 4.74 Å². The van der Waals surface area contributed by atoms with Gasteiger partial charge in [0.2, 0.25) is 0 Å². The van der Waals surface area contributed by atoms with Gasteiger partial charge in [0.05, 0.1) is 5.02 Å². The summed E-state index contributed by atoms with van der Waals surface area (Å²) < 4.78 is 5.50. The Morgan fingerprint density at radius 1 is 1.46 bits per heavy atom. The van der Waals surface area contributed by atoms with Crippen molar-refractivity contribution in [3.63, 3.8) is 0 Å². The summed E-state index contributed by atoms with van der Waals surface area (Å²) in [6.07, 6.45) is -0.795. The van der Waals surface area contributed by atoms with E-state index in [9.17, 15) is 5.11 Å². The molecule has 1 heterocycles. The number of hydrogen-bond donors (Lipinski definition) is 1. The number of aliphatic hydroxyl groups is 1. The van der Waals surface area contributed by atoms with E-state index in [0.29, 0.717) is 5.02 Å². The second-order valence-electron chi connectivity index (χ2n) is 3.37. The predicted molar refractivity (Wildman–Crippen MR) is 51.2 cm³/mol. The summed E-state index contributed by atoms with van der Waals surface area (Å²) >= 11 is 5.96. The number of hydrogen-bond acceptors (Lipinski definition) is 2. The van der Waals surface area contributed by atoms with Gasteiger partial charge in [-0.2, -0.15) is 0 Å². The molecule has 0 amide bonds. The normalized spacial score (nSPS) is 25.5. The van der Waals surface area contributed by atoms with Gasteiger partial charge in [0.25, 0.3) is 0 Å². The van der Waals surface area contributed by atoms with Gasteiger partial charge in [-0.25, -0.2) is 0 Å². The average molecular weight is 199 g/mol. The average Bonchev–Trinajstić information content (AvgIpc) is 2.38. The van der Waals surface area contributed by atoms with Crippen LogP contribution in [0.5, 0.6) is 5.75 Å². The van der Waals surface area contributed by atoms with Crippen molar-refractivity contribution < 1.29 is 9.84 Å². The highest BCUT2D eigenvalue weighted by Gasteiger charge is 2.32. The SMILES string of the molecule is Cc1ccc(Cl)c2c1OC(C)C2O. The van der Waals surface area contributed by atoms with Gasteiger partial charge in [0.15, 0.2) is 0 Å². The smallest absolute Gasteiger partial charge is 0.130 e. The number of benzene rings is 1. The lowest BCUT2D eigenvalue weighted by atomic mass is 10.1. The zero-order valence-electron chi connectivity index (χ0n) is 7.54. The van der Waals surface area contributed by atoms with Crippen molar-refractivity contribution in [3.8, 4) is 5.75 Å². The molecular formula is C10H11ClO2. The van der Waals surface area contributed by atoms with Crippen LogP contribution in [0.1, 0.15) is 24.2 Å². The zero-order valence-corrected chi connectivity index (χ0v) is 8.30. The molecule has 1 aliphatic heterocycles. The third kappa shape index (κ3) is 1.21. The molecule has 70 valence electrons. The third-order valence-corrected chi connectivity index (χ3v) is 2.71. The van der Waals surface area contributed by atoms with Crippen LogP contribution in [-0.4, -0.2) is 11.2 Å². The Morgan fingerprint density at radius 3 is 2.77 bits per heavy atom. The maximum Gasteiger partial charge on any atom is 0.130 e. The van der Waals surface area contributed by atoms with Crippen molar-refractivity contribution in [2.75, 3.05) is 0 Å². The van der Waals surface area contributed by atoms with Gasteiger partial charge in [0.1, 0.15) is 18.0 Å². The predicted octanol–water partition coefficient (Wildman–Crippen LogP) is 2.46. The molecule has 3 heteroatoms. The lowest BCUT2D eigenvalue weighted by Crippen LogP contribution is -2.13. The molecule has 0 aliphatic carbocycles. The number of aliphatic hydroxyl groups excluding tert-OH is 1. The Kier molecular flexibility index (Phi) is 1.97. The molecule has 1 aromatic rings. The molecule has 2 nitrogen and oxygen atoms in total. The van der Waals surface area contributed by atoms with Crippen molar-refractivity contribution in [2.45, 2.75) is 26.1 Å². The zero-order chi connectivity index (χ0) is 9.59. The standard InChI is InChI=1S/C10H11ClO2/c1-5-3-4-7(11)8-9(12)6(2)13-10(5)8/h3-4,6,9,12H,1-2H3. The second-order valence-corrected chi connectivity index (χ2v) is 3.78. The Balaban J connectivity index is 2.61. The van der Waals surface area contributed by atoms with E-state index in [-0.39, 0.29) is 6.10 Å². The van der Waals surface area contributed by atoms with Crippen LogP contribution in [0.4, 0.5) is 0 Å². The minimum Gasteiger partial charge on any atom is -0.487 e. The van der Waals surface area contributed by atoms with Crippen molar-refractivity contribution in [2.24, 2.45) is 0 Å². The van der Waals surface area contributed by atoms with Crippen LogP contribution in [0.3, 0.4) is 0 Å². The van der Waals surface area contributed by atoms with E-state index < -0.39 is 6.10 Å². The summed E-state index contributed by atoms with van der Waals surface area (Å²) in [5.41, 5.74) is 1.75. The molecule has 2 atom stereocenters. The first-order valence-corrected chi connectivity index (χ1v) is 4.63. The minimum atomic E-state index is -0.595. The quantitative estimate of drug-likeness (QED) is 0.694. The number of rotatable bonds is 0. The second kappa shape index (κ2) is 2.89. The van der Waals surface area contributed by atoms with E-state index in [0.717, 1.165) is 16.9 Å². The summed E-state index contributed by atoms with van der Waals surface area (Å²) in [5, 5.41) is 10.3. The Hall–Kier alpha value is -0.730. The number of halogens is 1. The fourth-order valence-electron chi connectivity index (χ4n) is 1.60. The van der Waals surface area contributed by atoms with Gasteiger partial charge in [-0.15, -0.1) is 0 Å². The van der Waals surface area contributed by atoms with Gasteiger partial charge in [-0.1, -0.05) is 17.7 Å². The van der Waals surface area contributed by atoms with E-state index in [1.54, 1.807) is 6.07 Å². The fraction of sp³-hybridized carbons (Fsp3) is 0.400. The van der Waals surface area contributed by atoms with Crippen LogP contribution in [0.2, 0.25) is 5.02 Å². The highest BCUT2D eigenvalue weighted by molar-refractivity contribution is 6.31. The maximum absolute atomic E-state index is 9.75. The van der Waals surface area contributed by atoms with Gasteiger partial charge >= 0.3 is 0 Å². The molecule has 1 aliphatic rings. The summed E-state index contributed by atoms with van der Waals surface area (Å²) in [4.78, 5) is 0. The molecule has 0 saturated carbocycles. The highest BCUT2D eigenvalue weighted by Crippen LogP contribution is 2.42. The molecule has 2 unspecified atom stereocenters. The molecule has 1 N–H and O–H groups in total. The van der Waals surface area contributed by atoms with E-state index >= 15 is 0 Å². The van der Waals surface area contributed by atoms with Gasteiger partial charge in [-0.3, -0.25) is 0 Å². The van der Waals surface area contributed by atoms with Crippen LogP contribution >= 0.6 is 11.6 Å². The van der Waals surface area contributed by atoms with Crippen LogP contribution in [0.25, 0.3) is 0 Å². The van der Waals surface area contributed by atoms with Crippen LogP contribution in [0, 0.1) is 6.92 Å². The first-order valence-electron chi connectivity index (χ1n) is 4.25. The van der Waals surface area contributed by atoms with Gasteiger partial charge < -0.3 is 9.84 Å². The molecule has 1 aromatic carbocycles. The molecule has 2 rings (SSSR count).